The second-order valence-corrected chi connectivity index (χ2v) is 4.14. The van der Waals surface area contributed by atoms with E-state index in [9.17, 15) is 9.90 Å². The normalized spacial score (nSPS) is 10.3. The Morgan fingerprint density at radius 1 is 1.72 bits per heavy atom. The quantitative estimate of drug-likeness (QED) is 0.855. The highest BCUT2D eigenvalue weighted by Crippen LogP contribution is 2.29. The fraction of sp³-hybridized carbons (Fsp3) is 0.182. The first-order chi connectivity index (χ1) is 8.60. The lowest BCUT2D eigenvalue weighted by molar-refractivity contribution is 0.0525. The Kier molecular flexibility index (Phi) is 3.21. The van der Waals surface area contributed by atoms with Gasteiger partial charge in [0.1, 0.15) is 21.8 Å². The number of nitrogens with zero attached hydrogens (tertiary/aromatic N) is 3. The number of carbonyl (C=O) groups is 1. The number of halogens is 1. The molecule has 0 unspecified atom stereocenters. The van der Waals surface area contributed by atoms with Crippen molar-refractivity contribution in [1.29, 1.82) is 5.26 Å². The van der Waals surface area contributed by atoms with Crippen LogP contribution in [0.4, 0.5) is 0 Å². The predicted octanol–water partition coefficient (Wildman–Crippen LogP) is 1.85. The summed E-state index contributed by atoms with van der Waals surface area (Å²) in [6.07, 6.45) is 1.22. The molecule has 0 radical (unpaired) electrons. The average Bonchev–Trinajstić information content (AvgIpc) is 2.69. The van der Waals surface area contributed by atoms with Crippen LogP contribution in [-0.4, -0.2) is 27.3 Å². The van der Waals surface area contributed by atoms with Crippen LogP contribution in [0.2, 0.25) is 0 Å². The first-order valence-corrected chi connectivity index (χ1v) is 5.85. The minimum atomic E-state index is -0.521. The Bertz CT molecular complexity index is 672. The zero-order valence-electron chi connectivity index (χ0n) is 9.35. The van der Waals surface area contributed by atoms with Crippen LogP contribution in [0.25, 0.3) is 5.52 Å². The van der Waals surface area contributed by atoms with Gasteiger partial charge in [-0.15, -0.1) is 0 Å². The molecule has 0 saturated carbocycles. The highest BCUT2D eigenvalue weighted by Gasteiger charge is 2.20. The second kappa shape index (κ2) is 4.66. The largest absolute Gasteiger partial charge is 0.504 e. The molecule has 0 spiro atoms. The number of aromatic hydroxyl groups is 1. The Morgan fingerprint density at radius 3 is 3.06 bits per heavy atom. The molecule has 0 aliphatic heterocycles. The third-order valence-electron chi connectivity index (χ3n) is 2.33. The van der Waals surface area contributed by atoms with E-state index < -0.39 is 5.97 Å². The lowest BCUT2D eigenvalue weighted by Gasteiger charge is -2.00. The van der Waals surface area contributed by atoms with Crippen LogP contribution in [0.1, 0.15) is 22.8 Å². The van der Waals surface area contributed by atoms with Gasteiger partial charge >= 0.3 is 5.97 Å². The van der Waals surface area contributed by atoms with Gasteiger partial charge < -0.3 is 9.84 Å². The maximum atomic E-state index is 11.7. The molecule has 0 amide bonds. The van der Waals surface area contributed by atoms with Gasteiger partial charge in [-0.1, -0.05) is 0 Å². The molecule has 18 heavy (non-hydrogen) atoms. The summed E-state index contributed by atoms with van der Waals surface area (Å²) in [5.41, 5.74) is 0.557. The lowest BCUT2D eigenvalue weighted by atomic mass is 10.2. The third kappa shape index (κ3) is 1.80. The zero-order valence-corrected chi connectivity index (χ0v) is 10.9. The van der Waals surface area contributed by atoms with Crippen molar-refractivity contribution < 1.29 is 14.6 Å². The van der Waals surface area contributed by atoms with E-state index in [0.29, 0.717) is 4.60 Å². The van der Waals surface area contributed by atoms with Crippen LogP contribution >= 0.6 is 15.9 Å². The fourth-order valence-electron chi connectivity index (χ4n) is 1.51. The number of hydrogen-bond donors (Lipinski definition) is 1. The highest BCUT2D eigenvalue weighted by atomic mass is 79.9. The van der Waals surface area contributed by atoms with Crippen LogP contribution < -0.4 is 0 Å². The van der Waals surface area contributed by atoms with Crippen LogP contribution in [0.3, 0.4) is 0 Å². The van der Waals surface area contributed by atoms with Crippen molar-refractivity contribution in [3.05, 3.63) is 28.0 Å². The maximum absolute atomic E-state index is 11.7. The monoisotopic (exact) mass is 309 g/mol. The Morgan fingerprint density at radius 2 is 2.44 bits per heavy atom. The minimum absolute atomic E-state index is 0.0444. The van der Waals surface area contributed by atoms with Gasteiger partial charge in [-0.2, -0.15) is 10.4 Å². The summed E-state index contributed by atoms with van der Waals surface area (Å²) in [6.45, 7) is 1.95. The molecule has 0 aliphatic rings. The van der Waals surface area contributed by atoms with Crippen LogP contribution in [0.5, 0.6) is 5.75 Å². The highest BCUT2D eigenvalue weighted by molar-refractivity contribution is 9.10. The molecule has 2 heterocycles. The van der Waals surface area contributed by atoms with Gasteiger partial charge in [-0.05, 0) is 28.9 Å². The predicted molar refractivity (Wildman–Crippen MR) is 65.2 cm³/mol. The number of aromatic nitrogens is 2. The summed E-state index contributed by atoms with van der Waals surface area (Å²) < 4.78 is 6.57. The molecule has 0 saturated heterocycles. The van der Waals surface area contributed by atoms with E-state index in [-0.39, 0.29) is 29.0 Å². The summed E-state index contributed by atoms with van der Waals surface area (Å²) in [6, 6.07) is 3.24. The van der Waals surface area contributed by atoms with Crippen molar-refractivity contribution >= 4 is 27.4 Å². The summed E-state index contributed by atoms with van der Waals surface area (Å²) in [5, 5.41) is 22.6. The van der Waals surface area contributed by atoms with Crippen LogP contribution in [0, 0.1) is 11.3 Å². The van der Waals surface area contributed by atoms with Gasteiger partial charge in [0.15, 0.2) is 5.75 Å². The van der Waals surface area contributed by atoms with Gasteiger partial charge in [0.25, 0.3) is 0 Å². The molecule has 0 atom stereocenters. The maximum Gasteiger partial charge on any atom is 0.340 e. The van der Waals surface area contributed by atoms with Gasteiger partial charge in [-0.3, -0.25) is 0 Å². The average molecular weight is 310 g/mol. The minimum Gasteiger partial charge on any atom is -0.504 e. The smallest absolute Gasteiger partial charge is 0.340 e. The van der Waals surface area contributed by atoms with E-state index >= 15 is 0 Å². The summed E-state index contributed by atoms with van der Waals surface area (Å²) in [4.78, 5) is 11.7. The molecule has 0 fully saturated rings. The fourth-order valence-corrected chi connectivity index (χ4v) is 2.07. The SMILES string of the molecule is CCOC(=O)c1cc2c(O)c(C#N)cnn2c1Br. The van der Waals surface area contributed by atoms with E-state index in [1.807, 2.05) is 6.07 Å². The van der Waals surface area contributed by atoms with Gasteiger partial charge in [0.05, 0.1) is 18.4 Å². The van der Waals surface area contributed by atoms with E-state index in [0.717, 1.165) is 0 Å². The van der Waals surface area contributed by atoms with Crippen LogP contribution in [-0.2, 0) is 4.74 Å². The van der Waals surface area contributed by atoms with Gasteiger partial charge in [-0.25, -0.2) is 9.31 Å². The molecular weight excluding hydrogens is 302 g/mol. The molecule has 0 aromatic carbocycles. The Balaban J connectivity index is 2.67. The molecular formula is C11H8BrN3O3. The Labute approximate surface area is 111 Å². The first kappa shape index (κ1) is 12.4. The van der Waals surface area contributed by atoms with Crippen molar-refractivity contribution in [1.82, 2.24) is 9.61 Å². The standard InChI is InChI=1S/C11H8BrN3O3/c1-2-18-11(17)7-3-8-9(16)6(4-13)5-14-15(8)10(7)12/h3,5,16H,2H2,1H3. The number of ether oxygens (including phenoxy) is 1. The van der Waals surface area contributed by atoms with Crippen molar-refractivity contribution in [3.8, 4) is 11.8 Å². The molecule has 7 heteroatoms. The van der Waals surface area contributed by atoms with E-state index in [2.05, 4.69) is 21.0 Å². The van der Waals surface area contributed by atoms with E-state index in [1.165, 1.54) is 16.8 Å². The molecule has 0 aliphatic carbocycles. The number of nitriles is 1. The molecule has 2 aromatic rings. The zero-order chi connectivity index (χ0) is 13.3. The molecule has 1 N–H and O–H groups in total. The lowest BCUT2D eigenvalue weighted by Crippen LogP contribution is -2.04. The molecule has 92 valence electrons. The molecule has 6 nitrogen and oxygen atoms in total. The summed E-state index contributed by atoms with van der Waals surface area (Å²) >= 11 is 3.21. The van der Waals surface area contributed by atoms with Gasteiger partial charge in [0, 0.05) is 0 Å². The molecule has 2 aromatic heterocycles. The second-order valence-electron chi connectivity index (χ2n) is 3.38. The molecule has 0 bridgehead atoms. The third-order valence-corrected chi connectivity index (χ3v) is 3.10. The number of hydrogen-bond acceptors (Lipinski definition) is 5. The number of rotatable bonds is 2. The van der Waals surface area contributed by atoms with E-state index in [4.69, 9.17) is 10.00 Å². The number of carbonyl (C=O) groups excluding carboxylic acids is 1. The summed E-state index contributed by atoms with van der Waals surface area (Å²) in [5.74, 6) is -0.739. The van der Waals surface area contributed by atoms with Crippen LogP contribution in [0.15, 0.2) is 16.9 Å². The number of esters is 1. The van der Waals surface area contributed by atoms with Gasteiger partial charge in [0.2, 0.25) is 0 Å². The Hall–Kier alpha value is -2.07. The molecule has 2 rings (SSSR count). The van der Waals surface area contributed by atoms with Crippen molar-refractivity contribution in [2.24, 2.45) is 0 Å². The topological polar surface area (TPSA) is 87.6 Å². The summed E-state index contributed by atoms with van der Waals surface area (Å²) in [7, 11) is 0. The first-order valence-electron chi connectivity index (χ1n) is 5.06. The van der Waals surface area contributed by atoms with Crippen molar-refractivity contribution in [2.75, 3.05) is 6.61 Å². The number of fused-ring (bicyclic) bond motifs is 1. The van der Waals surface area contributed by atoms with Crippen molar-refractivity contribution in [2.45, 2.75) is 6.92 Å². The van der Waals surface area contributed by atoms with E-state index in [1.54, 1.807) is 6.92 Å². The van der Waals surface area contributed by atoms with Crippen molar-refractivity contribution in [3.63, 3.8) is 0 Å².